The number of aromatic nitrogens is 1. The number of halogens is 1. The van der Waals surface area contributed by atoms with E-state index in [9.17, 15) is 4.79 Å². The summed E-state index contributed by atoms with van der Waals surface area (Å²) in [5.41, 5.74) is 1.64. The van der Waals surface area contributed by atoms with E-state index in [1.54, 1.807) is 6.20 Å². The van der Waals surface area contributed by atoms with Gasteiger partial charge in [0.05, 0.1) is 5.02 Å². The van der Waals surface area contributed by atoms with Gasteiger partial charge in [0, 0.05) is 29.1 Å². The highest BCUT2D eigenvalue weighted by molar-refractivity contribution is 6.36. The van der Waals surface area contributed by atoms with Crippen LogP contribution in [-0.4, -0.2) is 10.8 Å². The summed E-state index contributed by atoms with van der Waals surface area (Å²) in [7, 11) is 0. The zero-order valence-corrected chi connectivity index (χ0v) is 10.8. The number of hydrogen-bond acceptors (Lipinski definition) is 1. The standard InChI is InChI=1S/C14H16ClNO/c1-3-9(2)7-13(17)10-8-16-12-6-4-5-11(15)14(10)12/h4-6,8-9,16H,3,7H2,1-2H3. The van der Waals surface area contributed by atoms with Crippen LogP contribution < -0.4 is 0 Å². The Morgan fingerprint density at radius 3 is 2.94 bits per heavy atom. The molecule has 0 saturated heterocycles. The minimum absolute atomic E-state index is 0.165. The Balaban J connectivity index is 2.39. The van der Waals surface area contributed by atoms with Gasteiger partial charge in [-0.25, -0.2) is 0 Å². The van der Waals surface area contributed by atoms with Crippen molar-refractivity contribution < 1.29 is 4.79 Å². The molecule has 1 aromatic heterocycles. The minimum Gasteiger partial charge on any atom is -0.360 e. The summed E-state index contributed by atoms with van der Waals surface area (Å²) in [6, 6.07) is 5.63. The number of Topliss-reactive ketones (excluding diaryl/α,β-unsaturated/α-hetero) is 1. The van der Waals surface area contributed by atoms with E-state index in [0.29, 0.717) is 22.9 Å². The molecule has 90 valence electrons. The molecule has 17 heavy (non-hydrogen) atoms. The molecule has 1 atom stereocenters. The largest absolute Gasteiger partial charge is 0.360 e. The molecule has 3 heteroatoms. The van der Waals surface area contributed by atoms with E-state index >= 15 is 0 Å². The van der Waals surface area contributed by atoms with Gasteiger partial charge >= 0.3 is 0 Å². The van der Waals surface area contributed by atoms with Gasteiger partial charge in [-0.2, -0.15) is 0 Å². The summed E-state index contributed by atoms with van der Waals surface area (Å²) in [6.45, 7) is 4.19. The van der Waals surface area contributed by atoms with Crippen LogP contribution >= 0.6 is 11.6 Å². The highest BCUT2D eigenvalue weighted by Crippen LogP contribution is 2.28. The fraction of sp³-hybridized carbons (Fsp3) is 0.357. The summed E-state index contributed by atoms with van der Waals surface area (Å²) in [4.78, 5) is 15.3. The third-order valence-electron chi connectivity index (χ3n) is 3.19. The number of fused-ring (bicyclic) bond motifs is 1. The van der Waals surface area contributed by atoms with Gasteiger partial charge in [0.1, 0.15) is 0 Å². The molecule has 2 aromatic rings. The summed E-state index contributed by atoms with van der Waals surface area (Å²) < 4.78 is 0. The van der Waals surface area contributed by atoms with Gasteiger partial charge < -0.3 is 4.98 Å². The predicted molar refractivity (Wildman–Crippen MR) is 71.7 cm³/mol. The van der Waals surface area contributed by atoms with Crippen LogP contribution in [0.25, 0.3) is 10.9 Å². The molecule has 2 rings (SSSR count). The number of ketones is 1. The van der Waals surface area contributed by atoms with Crippen LogP contribution in [0.1, 0.15) is 37.0 Å². The molecule has 1 N–H and O–H groups in total. The van der Waals surface area contributed by atoms with Crippen molar-refractivity contribution in [2.45, 2.75) is 26.7 Å². The van der Waals surface area contributed by atoms with Crippen LogP contribution in [0.15, 0.2) is 24.4 Å². The Labute approximate surface area is 106 Å². The lowest BCUT2D eigenvalue weighted by atomic mass is 9.97. The van der Waals surface area contributed by atoms with E-state index in [1.165, 1.54) is 0 Å². The summed E-state index contributed by atoms with van der Waals surface area (Å²) in [6.07, 6.45) is 3.36. The van der Waals surface area contributed by atoms with Gasteiger partial charge in [-0.1, -0.05) is 37.9 Å². The molecule has 1 heterocycles. The van der Waals surface area contributed by atoms with Crippen molar-refractivity contribution in [1.29, 1.82) is 0 Å². The number of benzene rings is 1. The van der Waals surface area contributed by atoms with E-state index in [0.717, 1.165) is 17.3 Å². The molecule has 0 radical (unpaired) electrons. The molecule has 0 aliphatic heterocycles. The van der Waals surface area contributed by atoms with Crippen molar-refractivity contribution in [3.05, 3.63) is 35.0 Å². The van der Waals surface area contributed by atoms with Crippen LogP contribution in [0, 0.1) is 5.92 Å². The second-order valence-corrected chi connectivity index (χ2v) is 4.91. The normalized spacial score (nSPS) is 12.9. The minimum atomic E-state index is 0.165. The molecular formula is C14H16ClNO. The average molecular weight is 250 g/mol. The zero-order chi connectivity index (χ0) is 12.4. The van der Waals surface area contributed by atoms with Gasteiger partial charge in [-0.05, 0) is 18.1 Å². The van der Waals surface area contributed by atoms with Crippen molar-refractivity contribution in [3.8, 4) is 0 Å². The van der Waals surface area contributed by atoms with Crippen LogP contribution in [0.3, 0.4) is 0 Å². The molecule has 0 bridgehead atoms. The third kappa shape index (κ3) is 2.37. The van der Waals surface area contributed by atoms with Crippen molar-refractivity contribution in [2.24, 2.45) is 5.92 Å². The van der Waals surface area contributed by atoms with Crippen LogP contribution in [-0.2, 0) is 0 Å². The first-order chi connectivity index (χ1) is 8.13. The predicted octanol–water partition coefficient (Wildman–Crippen LogP) is 4.44. The topological polar surface area (TPSA) is 32.9 Å². The van der Waals surface area contributed by atoms with E-state index in [2.05, 4.69) is 18.8 Å². The van der Waals surface area contributed by atoms with Crippen LogP contribution in [0.4, 0.5) is 0 Å². The van der Waals surface area contributed by atoms with Crippen molar-refractivity contribution in [2.75, 3.05) is 0 Å². The summed E-state index contributed by atoms with van der Waals surface area (Å²) in [5, 5.41) is 1.48. The number of nitrogens with one attached hydrogen (secondary N) is 1. The maximum atomic E-state index is 12.2. The molecule has 0 fully saturated rings. The maximum absolute atomic E-state index is 12.2. The second kappa shape index (κ2) is 4.92. The number of rotatable bonds is 4. The number of H-pyrrole nitrogens is 1. The van der Waals surface area contributed by atoms with Crippen LogP contribution in [0.5, 0.6) is 0 Å². The molecular weight excluding hydrogens is 234 g/mol. The second-order valence-electron chi connectivity index (χ2n) is 4.51. The van der Waals surface area contributed by atoms with Crippen molar-refractivity contribution >= 4 is 28.3 Å². The van der Waals surface area contributed by atoms with E-state index in [-0.39, 0.29) is 5.78 Å². The van der Waals surface area contributed by atoms with Crippen molar-refractivity contribution in [1.82, 2.24) is 4.98 Å². The lowest BCUT2D eigenvalue weighted by molar-refractivity contribution is 0.0965. The Morgan fingerprint density at radius 2 is 2.24 bits per heavy atom. The van der Waals surface area contributed by atoms with Crippen molar-refractivity contribution in [3.63, 3.8) is 0 Å². The van der Waals surface area contributed by atoms with Gasteiger partial charge in [-0.3, -0.25) is 4.79 Å². The SMILES string of the molecule is CCC(C)CC(=O)c1c[nH]c2cccc(Cl)c12. The third-order valence-corrected chi connectivity index (χ3v) is 3.50. The fourth-order valence-electron chi connectivity index (χ4n) is 1.93. The Morgan fingerprint density at radius 1 is 1.47 bits per heavy atom. The van der Waals surface area contributed by atoms with Gasteiger partial charge in [0.2, 0.25) is 0 Å². The quantitative estimate of drug-likeness (QED) is 0.799. The lowest BCUT2D eigenvalue weighted by Gasteiger charge is -2.06. The Hall–Kier alpha value is -1.28. The molecule has 1 aromatic carbocycles. The first-order valence-electron chi connectivity index (χ1n) is 5.92. The van der Waals surface area contributed by atoms with E-state index in [4.69, 9.17) is 11.6 Å². The smallest absolute Gasteiger partial charge is 0.165 e. The first kappa shape index (κ1) is 12.2. The Kier molecular flexibility index (Phi) is 3.53. The zero-order valence-electron chi connectivity index (χ0n) is 10.1. The number of hydrogen-bond donors (Lipinski definition) is 1. The molecule has 0 aliphatic rings. The van der Waals surface area contributed by atoms with E-state index < -0.39 is 0 Å². The maximum Gasteiger partial charge on any atom is 0.165 e. The van der Waals surface area contributed by atoms with Gasteiger partial charge in [-0.15, -0.1) is 0 Å². The molecule has 0 amide bonds. The molecule has 0 aliphatic carbocycles. The van der Waals surface area contributed by atoms with Crippen LogP contribution in [0.2, 0.25) is 5.02 Å². The first-order valence-corrected chi connectivity index (χ1v) is 6.30. The fourth-order valence-corrected chi connectivity index (χ4v) is 2.21. The molecule has 1 unspecified atom stereocenters. The highest BCUT2D eigenvalue weighted by atomic mass is 35.5. The number of aromatic amines is 1. The average Bonchev–Trinajstić information content (AvgIpc) is 2.74. The number of carbonyl (C=O) groups excluding carboxylic acids is 1. The molecule has 0 spiro atoms. The highest BCUT2D eigenvalue weighted by Gasteiger charge is 2.16. The summed E-state index contributed by atoms with van der Waals surface area (Å²) in [5.74, 6) is 0.577. The summed E-state index contributed by atoms with van der Waals surface area (Å²) >= 11 is 6.15. The van der Waals surface area contributed by atoms with Gasteiger partial charge in [0.15, 0.2) is 5.78 Å². The number of carbonyl (C=O) groups is 1. The molecule has 0 saturated carbocycles. The molecule has 2 nitrogen and oxygen atoms in total. The Bertz CT molecular complexity index is 544. The van der Waals surface area contributed by atoms with Gasteiger partial charge in [0.25, 0.3) is 0 Å². The lowest BCUT2D eigenvalue weighted by Crippen LogP contribution is -2.04. The van der Waals surface area contributed by atoms with E-state index in [1.807, 2.05) is 18.2 Å². The monoisotopic (exact) mass is 249 g/mol.